The topological polar surface area (TPSA) is 29.1 Å². The molecule has 0 aliphatic rings. The van der Waals surface area contributed by atoms with E-state index >= 15 is 0 Å². The number of hydrogen-bond acceptors (Lipinski definition) is 1. The maximum atomic E-state index is 12.2. The molecular formula is C14H19BrClNO. The molecule has 2 nitrogen and oxygen atoms in total. The average molecular weight is 333 g/mol. The number of hydrogen-bond donors (Lipinski definition) is 1. The van der Waals surface area contributed by atoms with E-state index in [1.54, 1.807) is 6.07 Å². The first-order valence-electron chi connectivity index (χ1n) is 6.06. The number of rotatable bonds is 5. The van der Waals surface area contributed by atoms with Gasteiger partial charge in [-0.15, -0.1) is 0 Å². The number of nitrogens with one attached hydrogen (secondary N) is 1. The Hall–Kier alpha value is -0.540. The second-order valence-corrected chi connectivity index (χ2v) is 5.99. The van der Waals surface area contributed by atoms with E-state index in [0.717, 1.165) is 23.7 Å². The van der Waals surface area contributed by atoms with Crippen molar-refractivity contribution in [2.75, 3.05) is 5.33 Å². The molecule has 0 aromatic heterocycles. The van der Waals surface area contributed by atoms with Crippen molar-refractivity contribution in [3.8, 4) is 0 Å². The fraction of sp³-hybridized carbons (Fsp3) is 0.500. The first kappa shape index (κ1) is 15.5. The van der Waals surface area contributed by atoms with Crippen LogP contribution in [0.25, 0.3) is 0 Å². The molecule has 1 unspecified atom stereocenters. The van der Waals surface area contributed by atoms with Crippen LogP contribution in [0.1, 0.15) is 42.6 Å². The Kier molecular flexibility index (Phi) is 5.67. The second-order valence-electron chi connectivity index (χ2n) is 4.79. The summed E-state index contributed by atoms with van der Waals surface area (Å²) in [6.45, 7) is 6.07. The van der Waals surface area contributed by atoms with Gasteiger partial charge in [0.05, 0.1) is 10.6 Å². The molecule has 0 bridgehead atoms. The highest BCUT2D eigenvalue weighted by Gasteiger charge is 2.24. The zero-order valence-electron chi connectivity index (χ0n) is 11.0. The van der Waals surface area contributed by atoms with E-state index in [-0.39, 0.29) is 11.4 Å². The standard InChI is InChI=1S/C14H19BrClNO/c1-4-14(3,7-8-15)17-13(18)11-6-5-10(2)9-12(11)16/h5-6,9H,4,7-8H2,1-3H3,(H,17,18). The second kappa shape index (κ2) is 6.58. The van der Waals surface area contributed by atoms with E-state index in [1.807, 2.05) is 26.0 Å². The van der Waals surface area contributed by atoms with Gasteiger partial charge in [0.1, 0.15) is 0 Å². The number of alkyl halides is 1. The largest absolute Gasteiger partial charge is 0.347 e. The van der Waals surface area contributed by atoms with Gasteiger partial charge >= 0.3 is 0 Å². The summed E-state index contributed by atoms with van der Waals surface area (Å²) in [6, 6.07) is 5.48. The first-order valence-corrected chi connectivity index (χ1v) is 7.56. The predicted octanol–water partition coefficient (Wildman–Crippen LogP) is 4.33. The minimum atomic E-state index is -0.200. The first-order chi connectivity index (χ1) is 8.41. The average Bonchev–Trinajstić information content (AvgIpc) is 2.28. The summed E-state index contributed by atoms with van der Waals surface area (Å²) < 4.78 is 0. The smallest absolute Gasteiger partial charge is 0.253 e. The van der Waals surface area contributed by atoms with Crippen molar-refractivity contribution < 1.29 is 4.79 Å². The Balaban J connectivity index is 2.87. The molecular weight excluding hydrogens is 314 g/mol. The molecule has 1 rings (SSSR count). The lowest BCUT2D eigenvalue weighted by molar-refractivity contribution is 0.0902. The van der Waals surface area contributed by atoms with Gasteiger partial charge in [0.25, 0.3) is 5.91 Å². The summed E-state index contributed by atoms with van der Waals surface area (Å²) in [7, 11) is 0. The van der Waals surface area contributed by atoms with Crippen molar-refractivity contribution in [3.05, 3.63) is 34.3 Å². The molecule has 1 atom stereocenters. The fourth-order valence-electron chi connectivity index (χ4n) is 1.68. The monoisotopic (exact) mass is 331 g/mol. The Morgan fingerprint density at radius 2 is 2.17 bits per heavy atom. The van der Waals surface area contributed by atoms with Crippen molar-refractivity contribution in [2.24, 2.45) is 0 Å². The van der Waals surface area contributed by atoms with E-state index in [1.165, 1.54) is 0 Å². The van der Waals surface area contributed by atoms with Gasteiger partial charge in [-0.2, -0.15) is 0 Å². The van der Waals surface area contributed by atoms with Crippen molar-refractivity contribution in [3.63, 3.8) is 0 Å². The highest BCUT2D eigenvalue weighted by Crippen LogP contribution is 2.21. The summed E-state index contributed by atoms with van der Waals surface area (Å²) >= 11 is 9.52. The molecule has 1 amide bonds. The molecule has 0 saturated carbocycles. The van der Waals surface area contributed by atoms with Crippen molar-refractivity contribution in [1.82, 2.24) is 5.32 Å². The number of halogens is 2. The van der Waals surface area contributed by atoms with Crippen LogP contribution in [0, 0.1) is 6.92 Å². The van der Waals surface area contributed by atoms with Crippen LogP contribution < -0.4 is 5.32 Å². The number of carbonyl (C=O) groups is 1. The van der Waals surface area contributed by atoms with Gasteiger partial charge in [0.15, 0.2) is 0 Å². The number of carbonyl (C=O) groups excluding carboxylic acids is 1. The lowest BCUT2D eigenvalue weighted by atomic mass is 9.95. The molecule has 1 aromatic rings. The molecule has 4 heteroatoms. The molecule has 100 valence electrons. The maximum absolute atomic E-state index is 12.2. The highest BCUT2D eigenvalue weighted by molar-refractivity contribution is 9.09. The van der Waals surface area contributed by atoms with Crippen molar-refractivity contribution >= 4 is 33.4 Å². The van der Waals surface area contributed by atoms with Gasteiger partial charge in [-0.3, -0.25) is 4.79 Å². The van der Waals surface area contributed by atoms with Gasteiger partial charge in [0, 0.05) is 10.9 Å². The Labute approximate surface area is 122 Å². The minimum absolute atomic E-state index is 0.106. The summed E-state index contributed by atoms with van der Waals surface area (Å²) in [5.74, 6) is -0.106. The SMILES string of the molecule is CCC(C)(CCBr)NC(=O)c1ccc(C)cc1Cl. The summed E-state index contributed by atoms with van der Waals surface area (Å²) in [5, 5.41) is 4.43. The van der Waals surface area contributed by atoms with E-state index in [4.69, 9.17) is 11.6 Å². The van der Waals surface area contributed by atoms with Crippen molar-refractivity contribution in [1.29, 1.82) is 0 Å². The van der Waals surface area contributed by atoms with Crippen LogP contribution in [0.4, 0.5) is 0 Å². The predicted molar refractivity (Wildman–Crippen MR) is 80.8 cm³/mol. The fourth-order valence-corrected chi connectivity index (χ4v) is 2.88. The third kappa shape index (κ3) is 3.99. The van der Waals surface area contributed by atoms with Crippen LogP contribution in [0.5, 0.6) is 0 Å². The Morgan fingerprint density at radius 1 is 1.50 bits per heavy atom. The molecule has 0 radical (unpaired) electrons. The Morgan fingerprint density at radius 3 is 2.67 bits per heavy atom. The molecule has 0 heterocycles. The molecule has 18 heavy (non-hydrogen) atoms. The Bertz CT molecular complexity index is 436. The lowest BCUT2D eigenvalue weighted by Gasteiger charge is -2.29. The van der Waals surface area contributed by atoms with E-state index < -0.39 is 0 Å². The summed E-state index contributed by atoms with van der Waals surface area (Å²) in [4.78, 5) is 12.2. The maximum Gasteiger partial charge on any atom is 0.253 e. The van der Waals surface area contributed by atoms with Gasteiger partial charge in [-0.25, -0.2) is 0 Å². The molecule has 0 aliphatic carbocycles. The van der Waals surface area contributed by atoms with E-state index in [0.29, 0.717) is 10.6 Å². The van der Waals surface area contributed by atoms with Crippen LogP contribution in [-0.4, -0.2) is 16.8 Å². The summed E-state index contributed by atoms with van der Waals surface area (Å²) in [5.41, 5.74) is 1.39. The van der Waals surface area contributed by atoms with E-state index in [9.17, 15) is 4.79 Å². The van der Waals surface area contributed by atoms with Gasteiger partial charge in [-0.1, -0.05) is 40.5 Å². The zero-order chi connectivity index (χ0) is 13.8. The number of benzene rings is 1. The molecule has 1 aromatic carbocycles. The van der Waals surface area contributed by atoms with Crippen molar-refractivity contribution in [2.45, 2.75) is 39.2 Å². The molecule has 0 aliphatic heterocycles. The van der Waals surface area contributed by atoms with Gasteiger partial charge in [-0.05, 0) is 44.4 Å². The third-order valence-corrected chi connectivity index (χ3v) is 3.92. The van der Waals surface area contributed by atoms with Gasteiger partial charge < -0.3 is 5.32 Å². The lowest BCUT2D eigenvalue weighted by Crippen LogP contribution is -2.45. The molecule has 0 spiro atoms. The van der Waals surface area contributed by atoms with Crippen LogP contribution in [-0.2, 0) is 0 Å². The summed E-state index contributed by atoms with van der Waals surface area (Å²) in [6.07, 6.45) is 1.77. The normalized spacial score (nSPS) is 14.1. The molecule has 0 saturated heterocycles. The highest BCUT2D eigenvalue weighted by atomic mass is 79.9. The molecule has 1 N–H and O–H groups in total. The van der Waals surface area contributed by atoms with Crippen LogP contribution >= 0.6 is 27.5 Å². The zero-order valence-corrected chi connectivity index (χ0v) is 13.4. The minimum Gasteiger partial charge on any atom is -0.347 e. The quantitative estimate of drug-likeness (QED) is 0.799. The third-order valence-electron chi connectivity index (χ3n) is 3.21. The van der Waals surface area contributed by atoms with Gasteiger partial charge in [0.2, 0.25) is 0 Å². The van der Waals surface area contributed by atoms with Crippen LogP contribution in [0.2, 0.25) is 5.02 Å². The van der Waals surface area contributed by atoms with Crippen LogP contribution in [0.15, 0.2) is 18.2 Å². The van der Waals surface area contributed by atoms with Crippen LogP contribution in [0.3, 0.4) is 0 Å². The number of aryl methyl sites for hydroxylation is 1. The molecule has 0 fully saturated rings. The number of amides is 1. The van der Waals surface area contributed by atoms with E-state index in [2.05, 4.69) is 28.2 Å².